The van der Waals surface area contributed by atoms with E-state index in [4.69, 9.17) is 9.47 Å². The summed E-state index contributed by atoms with van der Waals surface area (Å²) in [5.41, 5.74) is 1.51. The van der Waals surface area contributed by atoms with Crippen LogP contribution in [0.4, 0.5) is 9.18 Å². The zero-order chi connectivity index (χ0) is 26.0. The molecule has 1 unspecified atom stereocenters. The van der Waals surface area contributed by atoms with Crippen LogP contribution in [0.1, 0.15) is 50.5 Å². The number of nitrogens with zero attached hydrogens (tertiary/aromatic N) is 2. The number of hydrogen-bond acceptors (Lipinski definition) is 6. The van der Waals surface area contributed by atoms with Gasteiger partial charge in [0.15, 0.2) is 0 Å². The van der Waals surface area contributed by atoms with Crippen LogP contribution in [0.2, 0.25) is 0 Å². The number of rotatable bonds is 4. The van der Waals surface area contributed by atoms with Crippen LogP contribution in [0, 0.1) is 12.7 Å². The van der Waals surface area contributed by atoms with E-state index < -0.39 is 17.8 Å². The fraction of sp³-hybridized carbons (Fsp3) is 0.481. The van der Waals surface area contributed by atoms with Gasteiger partial charge in [0, 0.05) is 42.7 Å². The van der Waals surface area contributed by atoms with Gasteiger partial charge in [-0.3, -0.25) is 9.52 Å². The molecular weight excluding hydrogens is 481 g/mol. The summed E-state index contributed by atoms with van der Waals surface area (Å²) in [5.74, 6) is -0.0799. The van der Waals surface area contributed by atoms with E-state index in [-0.39, 0.29) is 17.8 Å². The predicted octanol–water partition coefficient (Wildman–Crippen LogP) is 4.87. The molecule has 2 atom stereocenters. The number of fused-ring (bicyclic) bond motifs is 1. The molecule has 0 aliphatic carbocycles. The van der Waals surface area contributed by atoms with Crippen molar-refractivity contribution in [1.29, 1.82) is 0 Å². The molecule has 7 nitrogen and oxygen atoms in total. The topological polar surface area (TPSA) is 71.1 Å². The summed E-state index contributed by atoms with van der Waals surface area (Å²) >= 11 is 1.58. The van der Waals surface area contributed by atoms with Crippen LogP contribution in [0.25, 0.3) is 0 Å². The number of aryl methyl sites for hydroxylation is 1. The van der Waals surface area contributed by atoms with Crippen molar-refractivity contribution < 1.29 is 23.5 Å². The number of piperazine rings is 1. The number of amides is 2. The van der Waals surface area contributed by atoms with Crippen LogP contribution in [0.3, 0.4) is 0 Å². The molecule has 0 bridgehead atoms. The van der Waals surface area contributed by atoms with Crippen molar-refractivity contribution in [2.24, 2.45) is 0 Å². The van der Waals surface area contributed by atoms with E-state index in [1.54, 1.807) is 40.8 Å². The highest BCUT2D eigenvalue weighted by Crippen LogP contribution is 2.32. The molecular formula is C27H34FN3O4S. The zero-order valence-corrected chi connectivity index (χ0v) is 22.3. The fourth-order valence-corrected chi connectivity index (χ4v) is 5.11. The normalized spacial score (nSPS) is 18.9. The Morgan fingerprint density at radius 2 is 1.94 bits per heavy atom. The first-order chi connectivity index (χ1) is 17.0. The van der Waals surface area contributed by atoms with Gasteiger partial charge in [-0.1, -0.05) is 12.1 Å². The third-order valence-electron chi connectivity index (χ3n) is 6.25. The Bertz CT molecular complexity index is 1140. The van der Waals surface area contributed by atoms with Crippen LogP contribution in [0.15, 0.2) is 41.3 Å². The molecule has 4 rings (SSSR count). The van der Waals surface area contributed by atoms with Crippen LogP contribution in [-0.4, -0.2) is 59.6 Å². The van der Waals surface area contributed by atoms with Gasteiger partial charge in [0.25, 0.3) is 5.91 Å². The van der Waals surface area contributed by atoms with E-state index in [1.807, 2.05) is 45.9 Å². The van der Waals surface area contributed by atoms with Crippen molar-refractivity contribution in [3.63, 3.8) is 0 Å². The molecule has 2 aromatic rings. The summed E-state index contributed by atoms with van der Waals surface area (Å²) < 4.78 is 29.5. The highest BCUT2D eigenvalue weighted by Gasteiger charge is 2.36. The third-order valence-corrected chi connectivity index (χ3v) is 7.22. The molecule has 2 aliphatic rings. The Morgan fingerprint density at radius 1 is 1.17 bits per heavy atom. The molecule has 1 fully saturated rings. The van der Waals surface area contributed by atoms with Crippen LogP contribution in [0.5, 0.6) is 5.75 Å². The second-order valence-corrected chi connectivity index (χ2v) is 11.3. The minimum Gasteiger partial charge on any atom is -0.476 e. The summed E-state index contributed by atoms with van der Waals surface area (Å²) in [7, 11) is 0. The Morgan fingerprint density at radius 3 is 2.64 bits per heavy atom. The van der Waals surface area contributed by atoms with Crippen molar-refractivity contribution in [2.45, 2.75) is 63.7 Å². The number of carbonyl (C=O) groups excluding carboxylic acids is 2. The number of benzene rings is 2. The lowest BCUT2D eigenvalue weighted by Gasteiger charge is -2.41. The zero-order valence-electron chi connectivity index (χ0n) is 21.5. The Balaban J connectivity index is 1.55. The van der Waals surface area contributed by atoms with Crippen molar-refractivity contribution in [2.75, 3.05) is 26.2 Å². The number of ether oxygens (including phenoxy) is 2. The van der Waals surface area contributed by atoms with Crippen LogP contribution in [-0.2, 0) is 16.0 Å². The molecule has 2 aliphatic heterocycles. The standard InChI is InChI=1S/C27H34FN3O4S/c1-17-6-7-20(15-22(17)28)24(34-21-8-9-23-19(14-21)10-11-29-36-23)25(32)30-12-13-31(18(2)16-30)26(33)35-27(3,4)5/h6-9,14-15,18,24,29H,10-13,16H2,1-5H3/t18-,24?/m1/s1. The molecule has 0 aromatic heterocycles. The van der Waals surface area contributed by atoms with Gasteiger partial charge in [-0.15, -0.1) is 0 Å². The van der Waals surface area contributed by atoms with E-state index in [0.29, 0.717) is 36.5 Å². The summed E-state index contributed by atoms with van der Waals surface area (Å²) in [6.07, 6.45) is -0.536. The quantitative estimate of drug-likeness (QED) is 0.586. The molecule has 2 aromatic carbocycles. The van der Waals surface area contributed by atoms with Gasteiger partial charge in [0.05, 0.1) is 0 Å². The highest BCUT2D eigenvalue weighted by atomic mass is 32.2. The van der Waals surface area contributed by atoms with E-state index in [0.717, 1.165) is 23.4 Å². The molecule has 9 heteroatoms. The predicted molar refractivity (Wildman–Crippen MR) is 137 cm³/mol. The number of halogens is 1. The van der Waals surface area contributed by atoms with Gasteiger partial charge in [-0.05, 0) is 88.4 Å². The van der Waals surface area contributed by atoms with E-state index in [1.165, 1.54) is 6.07 Å². The minimum absolute atomic E-state index is 0.235. The van der Waals surface area contributed by atoms with Crippen molar-refractivity contribution in [1.82, 2.24) is 14.5 Å². The lowest BCUT2D eigenvalue weighted by atomic mass is 10.0. The summed E-state index contributed by atoms with van der Waals surface area (Å²) in [6, 6.07) is 10.3. The van der Waals surface area contributed by atoms with Crippen molar-refractivity contribution in [3.05, 3.63) is 58.9 Å². The monoisotopic (exact) mass is 515 g/mol. The molecule has 0 spiro atoms. The fourth-order valence-electron chi connectivity index (χ4n) is 4.32. The lowest BCUT2D eigenvalue weighted by molar-refractivity contribution is -0.142. The maximum atomic E-state index is 14.5. The van der Waals surface area contributed by atoms with Crippen LogP contribution >= 0.6 is 11.9 Å². The van der Waals surface area contributed by atoms with Gasteiger partial charge in [0.2, 0.25) is 6.10 Å². The third kappa shape index (κ3) is 6.13. The average Bonchev–Trinajstić information content (AvgIpc) is 2.82. The first-order valence-corrected chi connectivity index (χ1v) is 13.1. The summed E-state index contributed by atoms with van der Waals surface area (Å²) in [4.78, 5) is 30.8. The van der Waals surface area contributed by atoms with E-state index in [2.05, 4.69) is 4.72 Å². The SMILES string of the molecule is Cc1ccc(C(Oc2ccc3c(c2)CCNS3)C(=O)N2CCN(C(=O)OC(C)(C)C)[C@H](C)C2)cc1F. The summed E-state index contributed by atoms with van der Waals surface area (Å²) in [6.45, 7) is 10.9. The van der Waals surface area contributed by atoms with Gasteiger partial charge in [-0.2, -0.15) is 0 Å². The smallest absolute Gasteiger partial charge is 0.410 e. The molecule has 194 valence electrons. The second kappa shape index (κ2) is 10.7. The molecule has 2 amide bonds. The Labute approximate surface area is 216 Å². The van der Waals surface area contributed by atoms with Gasteiger partial charge < -0.3 is 19.3 Å². The maximum absolute atomic E-state index is 14.5. The largest absolute Gasteiger partial charge is 0.476 e. The first kappa shape index (κ1) is 26.3. The molecule has 0 saturated carbocycles. The first-order valence-electron chi connectivity index (χ1n) is 12.3. The van der Waals surface area contributed by atoms with Gasteiger partial charge >= 0.3 is 6.09 Å². The Hall–Kier alpha value is -2.78. The van der Waals surface area contributed by atoms with Crippen molar-refractivity contribution >= 4 is 23.9 Å². The minimum atomic E-state index is -1.01. The summed E-state index contributed by atoms with van der Waals surface area (Å²) in [5, 5.41) is 0. The molecule has 36 heavy (non-hydrogen) atoms. The number of hydrogen-bond donors (Lipinski definition) is 1. The van der Waals surface area contributed by atoms with Gasteiger partial charge in [0.1, 0.15) is 17.2 Å². The lowest BCUT2D eigenvalue weighted by Crippen LogP contribution is -2.57. The number of nitrogens with one attached hydrogen (secondary N) is 1. The average molecular weight is 516 g/mol. The van der Waals surface area contributed by atoms with Crippen LogP contribution < -0.4 is 9.46 Å². The molecule has 2 heterocycles. The second-order valence-electron chi connectivity index (χ2n) is 10.3. The Kier molecular flexibility index (Phi) is 7.80. The highest BCUT2D eigenvalue weighted by molar-refractivity contribution is 7.97. The molecule has 1 saturated heterocycles. The molecule has 0 radical (unpaired) electrons. The molecule has 1 N–H and O–H groups in total. The number of carbonyl (C=O) groups is 2. The van der Waals surface area contributed by atoms with Gasteiger partial charge in [-0.25, -0.2) is 9.18 Å². The van der Waals surface area contributed by atoms with E-state index in [9.17, 15) is 14.0 Å². The maximum Gasteiger partial charge on any atom is 0.410 e. The van der Waals surface area contributed by atoms with Crippen molar-refractivity contribution in [3.8, 4) is 5.75 Å². The van der Waals surface area contributed by atoms with E-state index >= 15 is 0 Å².